The predicted molar refractivity (Wildman–Crippen MR) is 153 cm³/mol. The molecule has 1 saturated heterocycles. The fourth-order valence-electron chi connectivity index (χ4n) is 10.8. The molecule has 0 N–H and O–H groups in total. The van der Waals surface area contributed by atoms with Crippen molar-refractivity contribution in [2.45, 2.75) is 117 Å². The van der Waals surface area contributed by atoms with Crippen LogP contribution in [0.2, 0.25) is 18.1 Å². The Morgan fingerprint density at radius 3 is 2.26 bits per heavy atom. The quantitative estimate of drug-likeness (QED) is 0.215. The van der Waals surface area contributed by atoms with Crippen LogP contribution < -0.4 is 0 Å². The molecule has 0 radical (unpaired) electrons. The van der Waals surface area contributed by atoms with Crippen LogP contribution in [0.1, 0.15) is 79.1 Å². The SMILES string of the molecule is CC(C)(C)[Si](C)(C)O[C@H]1CC[C@H]2[C@@H]3C[C@H]4C(Br)(Br)[C@]45CC4(CC[C@]56[C@@H](Br)[C@]36CC[C@]12C)OCCO4. The molecule has 6 aliphatic carbocycles. The summed E-state index contributed by atoms with van der Waals surface area (Å²) >= 11 is 13.0. The highest BCUT2D eigenvalue weighted by molar-refractivity contribution is 9.25. The number of alkyl halides is 3. The van der Waals surface area contributed by atoms with Crippen LogP contribution >= 0.6 is 47.8 Å². The average Bonchev–Trinajstić information content (AvgIpc) is 3.20. The second-order valence-corrected chi connectivity index (χ2v) is 24.4. The number of rotatable bonds is 2. The van der Waals surface area contributed by atoms with Gasteiger partial charge in [-0.3, -0.25) is 0 Å². The van der Waals surface area contributed by atoms with Crippen molar-refractivity contribution in [1.29, 1.82) is 0 Å². The smallest absolute Gasteiger partial charge is 0.192 e. The third kappa shape index (κ3) is 2.66. The summed E-state index contributed by atoms with van der Waals surface area (Å²) in [5, 5.41) is 0.269. The van der Waals surface area contributed by atoms with Gasteiger partial charge in [-0.15, -0.1) is 0 Å². The van der Waals surface area contributed by atoms with E-state index >= 15 is 0 Å². The second-order valence-electron chi connectivity index (χ2n) is 15.2. The molecule has 7 heteroatoms. The Balaban J connectivity index is 1.23. The van der Waals surface area contributed by atoms with Crippen molar-refractivity contribution in [3.63, 3.8) is 0 Å². The van der Waals surface area contributed by atoms with Gasteiger partial charge in [0.1, 0.15) is 0 Å². The van der Waals surface area contributed by atoms with Crippen LogP contribution in [0.15, 0.2) is 0 Å². The Labute approximate surface area is 238 Å². The zero-order valence-electron chi connectivity index (χ0n) is 22.3. The Morgan fingerprint density at radius 1 is 0.914 bits per heavy atom. The fourth-order valence-corrected chi connectivity index (χ4v) is 16.6. The minimum Gasteiger partial charge on any atom is -0.413 e. The summed E-state index contributed by atoms with van der Waals surface area (Å²) in [6.07, 6.45) is 10.4. The van der Waals surface area contributed by atoms with Crippen LogP contribution in [0.25, 0.3) is 0 Å². The number of hydrogen-bond donors (Lipinski definition) is 0. The van der Waals surface area contributed by atoms with E-state index < -0.39 is 8.32 Å². The number of halogens is 3. The van der Waals surface area contributed by atoms with Gasteiger partial charge in [-0.05, 0) is 90.7 Å². The Morgan fingerprint density at radius 2 is 1.60 bits per heavy atom. The number of hydrogen-bond acceptors (Lipinski definition) is 3. The number of ether oxygens (including phenoxy) is 2. The first-order chi connectivity index (χ1) is 16.2. The Bertz CT molecular complexity index is 960. The zero-order valence-corrected chi connectivity index (χ0v) is 28.1. The zero-order chi connectivity index (χ0) is 25.1. The van der Waals surface area contributed by atoms with Crippen molar-refractivity contribution in [2.75, 3.05) is 13.2 Å². The maximum atomic E-state index is 7.21. The predicted octanol–water partition coefficient (Wildman–Crippen LogP) is 8.39. The lowest BCUT2D eigenvalue weighted by atomic mass is 9.50. The van der Waals surface area contributed by atoms with Gasteiger partial charge in [0.25, 0.3) is 0 Å². The summed E-state index contributed by atoms with van der Waals surface area (Å²) in [5.41, 5.74) is 1.35. The topological polar surface area (TPSA) is 27.7 Å². The molecule has 0 bridgehead atoms. The molecule has 0 unspecified atom stereocenters. The molecule has 7 aliphatic rings. The molecule has 0 amide bonds. The molecule has 0 aromatic carbocycles. The largest absolute Gasteiger partial charge is 0.413 e. The molecule has 1 heterocycles. The molecule has 7 rings (SSSR count). The van der Waals surface area contributed by atoms with Crippen molar-refractivity contribution in [3.8, 4) is 0 Å². The molecule has 3 nitrogen and oxygen atoms in total. The first-order valence-electron chi connectivity index (χ1n) is 14.1. The molecule has 0 aromatic rings. The molecule has 4 spiro atoms. The fraction of sp³-hybridized carbons (Fsp3) is 1.00. The van der Waals surface area contributed by atoms with Crippen LogP contribution in [0.4, 0.5) is 0 Å². The van der Waals surface area contributed by atoms with Crippen LogP contribution in [0.5, 0.6) is 0 Å². The first-order valence-corrected chi connectivity index (χ1v) is 19.5. The van der Waals surface area contributed by atoms with Crippen LogP contribution in [-0.2, 0) is 13.9 Å². The molecular weight excluding hydrogens is 652 g/mol. The highest BCUT2D eigenvalue weighted by Crippen LogP contribution is 3.00. The van der Waals surface area contributed by atoms with Crippen LogP contribution in [0.3, 0.4) is 0 Å². The van der Waals surface area contributed by atoms with E-state index in [0.717, 1.165) is 37.9 Å². The van der Waals surface area contributed by atoms with Crippen molar-refractivity contribution in [2.24, 2.45) is 39.4 Å². The van der Waals surface area contributed by atoms with Gasteiger partial charge in [-0.1, -0.05) is 75.5 Å². The third-order valence-corrected chi connectivity index (χ3v) is 22.1. The van der Waals surface area contributed by atoms with E-state index in [1.165, 1.54) is 38.5 Å². The molecule has 0 aromatic heterocycles. The van der Waals surface area contributed by atoms with Crippen LogP contribution in [-0.4, -0.2) is 41.5 Å². The first kappa shape index (κ1) is 25.5. The van der Waals surface area contributed by atoms with Crippen molar-refractivity contribution >= 4 is 56.1 Å². The average molecular weight is 695 g/mol. The van der Waals surface area contributed by atoms with Crippen molar-refractivity contribution in [1.82, 2.24) is 0 Å². The van der Waals surface area contributed by atoms with E-state index in [2.05, 4.69) is 88.6 Å². The molecule has 9 atom stereocenters. The molecular formula is C28H43Br3O3Si. The Hall–Kier alpha value is 1.54. The van der Waals surface area contributed by atoms with Gasteiger partial charge in [0.15, 0.2) is 14.1 Å². The van der Waals surface area contributed by atoms with E-state index in [4.69, 9.17) is 13.9 Å². The summed E-state index contributed by atoms with van der Waals surface area (Å²) in [6.45, 7) is 16.2. The van der Waals surface area contributed by atoms with E-state index in [-0.39, 0.29) is 19.5 Å². The summed E-state index contributed by atoms with van der Waals surface area (Å²) in [4.78, 5) is 0.623. The van der Waals surface area contributed by atoms with E-state index in [1.54, 1.807) is 0 Å². The number of fused-ring (bicyclic) bond motifs is 2. The van der Waals surface area contributed by atoms with Gasteiger partial charge in [-0.25, -0.2) is 0 Å². The molecule has 35 heavy (non-hydrogen) atoms. The molecule has 198 valence electrons. The van der Waals surface area contributed by atoms with Gasteiger partial charge < -0.3 is 13.9 Å². The summed E-state index contributed by atoms with van der Waals surface area (Å²) < 4.78 is 19.9. The molecule has 7 fully saturated rings. The lowest BCUT2D eigenvalue weighted by molar-refractivity contribution is -0.217. The minimum atomic E-state index is -1.79. The Kier molecular flexibility index (Phi) is 5.14. The maximum Gasteiger partial charge on any atom is 0.192 e. The third-order valence-electron chi connectivity index (χ3n) is 13.5. The van der Waals surface area contributed by atoms with Crippen LogP contribution in [0, 0.1) is 39.4 Å². The highest BCUT2D eigenvalue weighted by Gasteiger charge is 2.99. The van der Waals surface area contributed by atoms with Crippen molar-refractivity contribution < 1.29 is 13.9 Å². The monoisotopic (exact) mass is 692 g/mol. The molecule has 1 aliphatic heterocycles. The highest BCUT2D eigenvalue weighted by atomic mass is 79.9. The van der Waals surface area contributed by atoms with Gasteiger partial charge in [-0.2, -0.15) is 0 Å². The van der Waals surface area contributed by atoms with Crippen molar-refractivity contribution in [3.05, 3.63) is 0 Å². The lowest BCUT2D eigenvalue weighted by Gasteiger charge is -2.56. The molecule has 6 saturated carbocycles. The van der Waals surface area contributed by atoms with E-state index in [1.807, 2.05) is 0 Å². The minimum absolute atomic E-state index is 0.0225. The standard InChI is InChI=1S/C28H43Br3O3Si/c1-22(2,3)35(5,6)34-20-8-7-17-18-15-19-27(28(19,30)31)16-24(32-13-14-33-24)10-12-26(27)21(29)25(18,26)11-9-23(17,20)4/h17-21H,7-16H2,1-6H3/t17-,18-,19+,20-,21-,23-,25-,26+,27+/m0/s1. The van der Waals surface area contributed by atoms with E-state index in [0.29, 0.717) is 33.1 Å². The second kappa shape index (κ2) is 7.05. The summed E-state index contributed by atoms with van der Waals surface area (Å²) in [7, 11) is -1.79. The summed E-state index contributed by atoms with van der Waals surface area (Å²) in [6, 6.07) is 0. The normalized spacial score (nSPS) is 54.9. The van der Waals surface area contributed by atoms with Gasteiger partial charge >= 0.3 is 0 Å². The maximum absolute atomic E-state index is 7.21. The summed E-state index contributed by atoms with van der Waals surface area (Å²) in [5.74, 6) is 1.90. The van der Waals surface area contributed by atoms with Gasteiger partial charge in [0, 0.05) is 23.1 Å². The van der Waals surface area contributed by atoms with E-state index in [9.17, 15) is 0 Å². The van der Waals surface area contributed by atoms with Gasteiger partial charge in [0.05, 0.1) is 22.6 Å². The lowest BCUT2D eigenvalue weighted by Crippen LogP contribution is -2.54. The van der Waals surface area contributed by atoms with Gasteiger partial charge in [0.2, 0.25) is 0 Å².